The zero-order chi connectivity index (χ0) is 29.6. The minimum atomic E-state index is -4.77. The third-order valence-corrected chi connectivity index (χ3v) is 8.19. The summed E-state index contributed by atoms with van der Waals surface area (Å²) in [7, 11) is 1.90. The number of nitrogens with zero attached hydrogens (tertiary/aromatic N) is 2. The van der Waals surface area contributed by atoms with E-state index >= 15 is 0 Å². The molecule has 216 valence electrons. The zero-order valence-corrected chi connectivity index (χ0v) is 23.9. The van der Waals surface area contributed by atoms with E-state index in [2.05, 4.69) is 15.9 Å². The molecule has 0 fully saturated rings. The summed E-state index contributed by atoms with van der Waals surface area (Å²) in [4.78, 5) is 39.3. The van der Waals surface area contributed by atoms with Gasteiger partial charge in [0.1, 0.15) is 0 Å². The molecule has 0 spiro atoms. The summed E-state index contributed by atoms with van der Waals surface area (Å²) in [6.45, 7) is 1.89. The van der Waals surface area contributed by atoms with Crippen molar-refractivity contribution < 1.29 is 37.2 Å². The minimum absolute atomic E-state index is 0.0136. The molecule has 0 unspecified atom stereocenters. The Balaban J connectivity index is 1.64. The average Bonchev–Trinajstić information content (AvgIpc) is 2.91. The highest BCUT2D eigenvalue weighted by Gasteiger charge is 2.43. The maximum atomic E-state index is 13.3. The van der Waals surface area contributed by atoms with Gasteiger partial charge < -0.3 is 14.4 Å². The van der Waals surface area contributed by atoms with Gasteiger partial charge >= 0.3 is 11.9 Å². The van der Waals surface area contributed by atoms with Gasteiger partial charge in [0.2, 0.25) is 5.75 Å². The number of allylic oxidation sites excluding steroid dienone is 4. The van der Waals surface area contributed by atoms with E-state index in [1.807, 2.05) is 11.9 Å². The molecule has 41 heavy (non-hydrogen) atoms. The van der Waals surface area contributed by atoms with Crippen molar-refractivity contribution in [2.24, 2.45) is 0 Å². The zero-order valence-electron chi connectivity index (χ0n) is 22.3. The van der Waals surface area contributed by atoms with Crippen molar-refractivity contribution in [2.75, 3.05) is 13.7 Å². The molecule has 0 saturated heterocycles. The van der Waals surface area contributed by atoms with E-state index in [1.54, 1.807) is 19.1 Å². The van der Waals surface area contributed by atoms with Crippen molar-refractivity contribution in [1.82, 2.24) is 4.90 Å². The van der Waals surface area contributed by atoms with Crippen molar-refractivity contribution in [3.8, 4) is 17.2 Å². The van der Waals surface area contributed by atoms with Crippen LogP contribution in [0.1, 0.15) is 62.5 Å². The van der Waals surface area contributed by atoms with Crippen LogP contribution in [0, 0.1) is 10.1 Å². The molecule has 0 N–H and O–H groups in total. The standard InChI is InChI=1S/C29H26BrF3N2O6/c1-3-40-24-13-15(12-17(30)28(24)41-23-11-10-16(29(31,32)33)14-20(23)35(38)39)25-26-18(6-4-8-21(26)36)34(2)19-7-5-9-22(37)27(19)25/h10-14,25H,3-9H2,1-2H3. The summed E-state index contributed by atoms with van der Waals surface area (Å²) in [6, 6.07) is 5.32. The Kier molecular flexibility index (Phi) is 7.71. The molecule has 0 aromatic heterocycles. The second kappa shape index (κ2) is 11.0. The van der Waals surface area contributed by atoms with Crippen molar-refractivity contribution in [1.29, 1.82) is 0 Å². The predicted molar refractivity (Wildman–Crippen MR) is 146 cm³/mol. The van der Waals surface area contributed by atoms with Crippen LogP contribution < -0.4 is 9.47 Å². The molecule has 0 radical (unpaired) electrons. The number of nitro groups is 1. The van der Waals surface area contributed by atoms with Crippen LogP contribution in [0.4, 0.5) is 18.9 Å². The minimum Gasteiger partial charge on any atom is -0.490 e. The van der Waals surface area contributed by atoms with Gasteiger partial charge in [0, 0.05) is 54.4 Å². The van der Waals surface area contributed by atoms with Crippen LogP contribution in [0.5, 0.6) is 17.2 Å². The lowest BCUT2D eigenvalue weighted by Gasteiger charge is -2.42. The largest absolute Gasteiger partial charge is 0.490 e. The number of rotatable bonds is 6. The first-order chi connectivity index (χ1) is 19.4. The van der Waals surface area contributed by atoms with Gasteiger partial charge in [-0.05, 0) is 78.4 Å². The number of hydrogen-bond donors (Lipinski definition) is 0. The van der Waals surface area contributed by atoms with E-state index in [9.17, 15) is 32.9 Å². The van der Waals surface area contributed by atoms with Crippen LogP contribution >= 0.6 is 15.9 Å². The molecular formula is C29H26BrF3N2O6. The highest BCUT2D eigenvalue weighted by molar-refractivity contribution is 9.10. The SMILES string of the molecule is CCOc1cc(C2C3=C(CCCC3=O)N(C)C3=C2C(=O)CCC3)cc(Br)c1Oc1ccc(C(F)(F)F)cc1[N+](=O)[O-]. The number of ketones is 2. The number of Topliss-reactive ketones (excluding diaryl/α,β-unsaturated/α-hetero) is 2. The van der Waals surface area contributed by atoms with E-state index in [0.29, 0.717) is 59.0 Å². The van der Waals surface area contributed by atoms with Gasteiger partial charge in [-0.2, -0.15) is 13.2 Å². The fraction of sp³-hybridized carbons (Fsp3) is 0.379. The summed E-state index contributed by atoms with van der Waals surface area (Å²) < 4.78 is 51.6. The molecule has 1 aliphatic heterocycles. The van der Waals surface area contributed by atoms with Crippen LogP contribution in [0.3, 0.4) is 0 Å². The van der Waals surface area contributed by atoms with Gasteiger partial charge in [-0.25, -0.2) is 0 Å². The molecule has 0 atom stereocenters. The van der Waals surface area contributed by atoms with Crippen LogP contribution in [0.15, 0.2) is 57.3 Å². The Morgan fingerprint density at radius 1 is 1.00 bits per heavy atom. The number of nitro benzene ring substituents is 1. The molecule has 8 nitrogen and oxygen atoms in total. The van der Waals surface area contributed by atoms with Crippen LogP contribution in [0.2, 0.25) is 0 Å². The number of hydrogen-bond acceptors (Lipinski definition) is 7. The molecule has 2 aromatic rings. The monoisotopic (exact) mass is 634 g/mol. The molecule has 2 aliphatic carbocycles. The summed E-state index contributed by atoms with van der Waals surface area (Å²) in [5.74, 6) is -0.912. The topological polar surface area (TPSA) is 99.0 Å². The lowest BCUT2D eigenvalue weighted by Crippen LogP contribution is -2.37. The van der Waals surface area contributed by atoms with Gasteiger partial charge in [0.05, 0.1) is 21.6 Å². The van der Waals surface area contributed by atoms with Crippen LogP contribution in [-0.4, -0.2) is 35.0 Å². The highest BCUT2D eigenvalue weighted by Crippen LogP contribution is 2.51. The first-order valence-electron chi connectivity index (χ1n) is 13.2. The lowest BCUT2D eigenvalue weighted by atomic mass is 9.71. The normalized spacial score (nSPS) is 18.0. The molecule has 0 saturated carbocycles. The number of halogens is 4. The summed E-state index contributed by atoms with van der Waals surface area (Å²) >= 11 is 3.45. The van der Waals surface area contributed by atoms with Crippen molar-refractivity contribution in [3.05, 3.63) is 78.6 Å². The maximum absolute atomic E-state index is 13.3. The molecule has 0 bridgehead atoms. The average molecular weight is 635 g/mol. The summed E-state index contributed by atoms with van der Waals surface area (Å²) in [5, 5.41) is 11.6. The van der Waals surface area contributed by atoms with Crippen molar-refractivity contribution in [2.45, 2.75) is 57.5 Å². The fourth-order valence-corrected chi connectivity index (χ4v) is 6.38. The van der Waals surface area contributed by atoms with Crippen molar-refractivity contribution >= 4 is 33.2 Å². The second-order valence-corrected chi connectivity index (χ2v) is 10.9. The number of carbonyl (C=O) groups is 2. The number of ether oxygens (including phenoxy) is 2. The van der Waals surface area contributed by atoms with E-state index in [0.717, 1.165) is 30.3 Å². The number of benzene rings is 2. The van der Waals surface area contributed by atoms with Gasteiger partial charge in [-0.15, -0.1) is 0 Å². The van der Waals surface area contributed by atoms with Crippen LogP contribution in [-0.2, 0) is 15.8 Å². The van der Waals surface area contributed by atoms with Gasteiger partial charge in [0.25, 0.3) is 0 Å². The Bertz CT molecular complexity index is 1490. The Morgan fingerprint density at radius 3 is 2.15 bits per heavy atom. The molecule has 0 amide bonds. The lowest BCUT2D eigenvalue weighted by molar-refractivity contribution is -0.385. The van der Waals surface area contributed by atoms with Gasteiger partial charge in [0.15, 0.2) is 23.1 Å². The summed E-state index contributed by atoms with van der Waals surface area (Å²) in [5.41, 5.74) is 1.51. The highest BCUT2D eigenvalue weighted by atomic mass is 79.9. The molecule has 5 rings (SSSR count). The first-order valence-corrected chi connectivity index (χ1v) is 14.0. The van der Waals surface area contributed by atoms with E-state index < -0.39 is 34.0 Å². The second-order valence-electron chi connectivity index (χ2n) is 10.1. The molecule has 3 aliphatic rings. The molecule has 1 heterocycles. The fourth-order valence-electron chi connectivity index (χ4n) is 5.84. The molecule has 12 heteroatoms. The number of alkyl halides is 3. The Labute approximate surface area is 242 Å². The van der Waals surface area contributed by atoms with E-state index in [4.69, 9.17) is 9.47 Å². The Hall–Kier alpha value is -3.67. The van der Waals surface area contributed by atoms with Gasteiger partial charge in [-0.1, -0.05) is 0 Å². The third-order valence-electron chi connectivity index (χ3n) is 7.60. The summed E-state index contributed by atoms with van der Waals surface area (Å²) in [6.07, 6.45) is -1.18. The van der Waals surface area contributed by atoms with E-state index in [1.165, 1.54) is 0 Å². The quantitative estimate of drug-likeness (QED) is 0.238. The smallest absolute Gasteiger partial charge is 0.416 e. The Morgan fingerprint density at radius 2 is 1.61 bits per heavy atom. The number of carbonyl (C=O) groups excluding carboxylic acids is 2. The maximum Gasteiger partial charge on any atom is 0.416 e. The van der Waals surface area contributed by atoms with Crippen molar-refractivity contribution in [3.63, 3.8) is 0 Å². The van der Waals surface area contributed by atoms with E-state index in [-0.39, 0.29) is 29.7 Å². The van der Waals surface area contributed by atoms with Crippen LogP contribution in [0.25, 0.3) is 0 Å². The molecular weight excluding hydrogens is 609 g/mol. The predicted octanol–water partition coefficient (Wildman–Crippen LogP) is 7.61. The first kappa shape index (κ1) is 28.8. The molecule has 2 aromatic carbocycles. The van der Waals surface area contributed by atoms with Gasteiger partial charge in [-0.3, -0.25) is 19.7 Å². The third kappa shape index (κ3) is 5.25.